The lowest BCUT2D eigenvalue weighted by Gasteiger charge is -2.37. The van der Waals surface area contributed by atoms with Crippen molar-refractivity contribution in [3.05, 3.63) is 11.8 Å². The average Bonchev–Trinajstić information content (AvgIpc) is 2.34. The molecule has 1 aliphatic heterocycles. The number of nitriles is 1. The SMILES string of the molecule is CC(C)(C)[Si](C)(C)CCOCN1C=C(C#N)C(N)=NS1(=O)=O. The predicted octanol–water partition coefficient (Wildman–Crippen LogP) is 1.79. The van der Waals surface area contributed by atoms with E-state index in [-0.39, 0.29) is 23.2 Å². The van der Waals surface area contributed by atoms with Crippen LogP contribution in [-0.4, -0.2) is 40.0 Å². The molecule has 0 saturated carbocycles. The Labute approximate surface area is 133 Å². The molecule has 0 saturated heterocycles. The molecule has 0 unspecified atom stereocenters. The van der Waals surface area contributed by atoms with Crippen LogP contribution in [0.3, 0.4) is 0 Å². The van der Waals surface area contributed by atoms with Crippen molar-refractivity contribution in [2.45, 2.75) is 44.9 Å². The number of hydrogen-bond donors (Lipinski definition) is 1. The van der Waals surface area contributed by atoms with Crippen LogP contribution < -0.4 is 5.73 Å². The van der Waals surface area contributed by atoms with Gasteiger partial charge in [0.25, 0.3) is 0 Å². The first-order valence-corrected chi connectivity index (χ1v) is 11.6. The highest BCUT2D eigenvalue weighted by Crippen LogP contribution is 2.38. The molecule has 0 aromatic rings. The second kappa shape index (κ2) is 6.40. The molecule has 1 rings (SSSR count). The molecule has 1 aliphatic rings. The van der Waals surface area contributed by atoms with Crippen molar-refractivity contribution in [1.29, 1.82) is 5.26 Å². The highest BCUT2D eigenvalue weighted by Gasteiger charge is 2.34. The molecule has 7 nitrogen and oxygen atoms in total. The maximum Gasteiger partial charge on any atom is 0.348 e. The Hall–Kier alpha value is -1.37. The van der Waals surface area contributed by atoms with E-state index < -0.39 is 18.3 Å². The molecule has 0 amide bonds. The summed E-state index contributed by atoms with van der Waals surface area (Å²) in [5.74, 6) is -0.292. The van der Waals surface area contributed by atoms with E-state index in [2.05, 4.69) is 38.3 Å². The monoisotopic (exact) mass is 344 g/mol. The summed E-state index contributed by atoms with van der Waals surface area (Å²) < 4.78 is 33.4. The summed E-state index contributed by atoms with van der Waals surface area (Å²) in [6, 6.07) is 2.73. The summed E-state index contributed by atoms with van der Waals surface area (Å²) >= 11 is 0. The minimum Gasteiger partial charge on any atom is -0.382 e. The summed E-state index contributed by atoms with van der Waals surface area (Å²) in [6.07, 6.45) is 1.16. The van der Waals surface area contributed by atoms with E-state index in [0.29, 0.717) is 6.61 Å². The van der Waals surface area contributed by atoms with Gasteiger partial charge >= 0.3 is 10.2 Å². The normalized spacial score (nSPS) is 18.5. The largest absolute Gasteiger partial charge is 0.382 e. The van der Waals surface area contributed by atoms with Crippen LogP contribution in [0.1, 0.15) is 20.8 Å². The van der Waals surface area contributed by atoms with Crippen LogP contribution in [0.5, 0.6) is 0 Å². The van der Waals surface area contributed by atoms with Crippen molar-refractivity contribution in [3.8, 4) is 6.07 Å². The summed E-state index contributed by atoms with van der Waals surface area (Å²) in [4.78, 5) is 0. The molecule has 0 atom stereocenters. The fourth-order valence-electron chi connectivity index (χ4n) is 1.55. The van der Waals surface area contributed by atoms with Gasteiger partial charge in [-0.3, -0.25) is 0 Å². The van der Waals surface area contributed by atoms with Gasteiger partial charge in [0, 0.05) is 12.8 Å². The third-order valence-corrected chi connectivity index (χ3v) is 11.0. The fourth-order valence-corrected chi connectivity index (χ4v) is 3.85. The summed E-state index contributed by atoms with van der Waals surface area (Å²) in [5.41, 5.74) is 5.42. The van der Waals surface area contributed by atoms with E-state index in [4.69, 9.17) is 15.7 Å². The van der Waals surface area contributed by atoms with E-state index in [1.165, 1.54) is 0 Å². The first-order valence-electron chi connectivity index (χ1n) is 6.98. The van der Waals surface area contributed by atoms with E-state index in [0.717, 1.165) is 16.5 Å². The number of nitrogens with zero attached hydrogens (tertiary/aromatic N) is 3. The van der Waals surface area contributed by atoms with Crippen molar-refractivity contribution in [2.24, 2.45) is 10.1 Å². The topological polar surface area (TPSA) is 109 Å². The number of hydrogen-bond acceptors (Lipinski definition) is 5. The molecule has 2 N–H and O–H groups in total. The molecule has 0 fully saturated rings. The van der Waals surface area contributed by atoms with Crippen LogP contribution in [0.4, 0.5) is 0 Å². The smallest absolute Gasteiger partial charge is 0.348 e. The minimum absolute atomic E-state index is 0.0165. The molecule has 22 heavy (non-hydrogen) atoms. The molecule has 0 radical (unpaired) electrons. The van der Waals surface area contributed by atoms with Gasteiger partial charge in [-0.25, -0.2) is 4.31 Å². The van der Waals surface area contributed by atoms with Crippen LogP contribution >= 0.6 is 0 Å². The van der Waals surface area contributed by atoms with Gasteiger partial charge in [-0.15, -0.1) is 4.40 Å². The minimum atomic E-state index is -3.90. The maximum atomic E-state index is 11.8. The summed E-state index contributed by atoms with van der Waals surface area (Å²) in [5, 5.41) is 9.13. The molecular formula is C13H24N4O3SSi. The quantitative estimate of drug-likeness (QED) is 0.604. The van der Waals surface area contributed by atoms with Gasteiger partial charge in [0.1, 0.15) is 18.4 Å². The zero-order chi connectivity index (χ0) is 17.2. The molecule has 124 valence electrons. The van der Waals surface area contributed by atoms with Crippen LogP contribution in [0, 0.1) is 11.3 Å². The van der Waals surface area contributed by atoms with Gasteiger partial charge in [0.15, 0.2) is 5.84 Å². The summed E-state index contributed by atoms with van der Waals surface area (Å²) in [7, 11) is -5.37. The number of amidine groups is 1. The highest BCUT2D eigenvalue weighted by molar-refractivity contribution is 7.88. The van der Waals surface area contributed by atoms with Gasteiger partial charge in [0.2, 0.25) is 0 Å². The van der Waals surface area contributed by atoms with Crippen molar-refractivity contribution in [3.63, 3.8) is 0 Å². The number of ether oxygens (including phenoxy) is 1. The maximum absolute atomic E-state index is 11.8. The van der Waals surface area contributed by atoms with Crippen LogP contribution in [-0.2, 0) is 14.9 Å². The van der Waals surface area contributed by atoms with Gasteiger partial charge in [-0.1, -0.05) is 33.9 Å². The van der Waals surface area contributed by atoms with E-state index in [1.807, 2.05) is 0 Å². The van der Waals surface area contributed by atoms with Crippen LogP contribution in [0.2, 0.25) is 24.2 Å². The first kappa shape index (κ1) is 18.7. The third kappa shape index (κ3) is 4.31. The number of nitrogens with two attached hydrogens (primary N) is 1. The Kier molecular flexibility index (Phi) is 5.43. The molecule has 0 bridgehead atoms. The van der Waals surface area contributed by atoms with E-state index >= 15 is 0 Å². The molecule has 1 heterocycles. The lowest BCUT2D eigenvalue weighted by molar-refractivity contribution is 0.0979. The van der Waals surface area contributed by atoms with Gasteiger partial charge < -0.3 is 10.5 Å². The second-order valence-corrected chi connectivity index (χ2v) is 14.2. The molecule has 0 aromatic carbocycles. The molecule has 9 heteroatoms. The predicted molar refractivity (Wildman–Crippen MR) is 88.9 cm³/mol. The van der Waals surface area contributed by atoms with E-state index in [1.54, 1.807) is 6.07 Å². The Balaban J connectivity index is 2.63. The van der Waals surface area contributed by atoms with E-state index in [9.17, 15) is 8.42 Å². The summed E-state index contributed by atoms with van der Waals surface area (Å²) in [6.45, 7) is 11.5. The average molecular weight is 345 g/mol. The van der Waals surface area contributed by atoms with Gasteiger partial charge in [0.05, 0.1) is 8.07 Å². The van der Waals surface area contributed by atoms with Crippen LogP contribution in [0.25, 0.3) is 0 Å². The first-order chi connectivity index (χ1) is 9.90. The zero-order valence-electron chi connectivity index (χ0n) is 13.8. The standard InChI is InChI=1S/C13H24N4O3SSi/c1-13(2,3)22(4,5)7-6-20-10-17-9-11(8-14)12(15)16-21(17,18)19/h9H,6-7,10H2,1-5H3,(H2,15,16). The molecule has 0 aliphatic carbocycles. The number of rotatable bonds is 5. The Bertz CT molecular complexity index is 627. The second-order valence-electron chi connectivity index (χ2n) is 6.92. The van der Waals surface area contributed by atoms with Gasteiger partial charge in [-0.05, 0) is 11.1 Å². The molecule has 0 aromatic heterocycles. The Morgan fingerprint density at radius 3 is 2.55 bits per heavy atom. The van der Waals surface area contributed by atoms with Gasteiger partial charge in [-0.2, -0.15) is 13.7 Å². The van der Waals surface area contributed by atoms with Crippen molar-refractivity contribution < 1.29 is 13.2 Å². The highest BCUT2D eigenvalue weighted by atomic mass is 32.2. The fraction of sp³-hybridized carbons (Fsp3) is 0.692. The molecular weight excluding hydrogens is 320 g/mol. The third-order valence-electron chi connectivity index (χ3n) is 4.30. The zero-order valence-corrected chi connectivity index (χ0v) is 15.6. The lowest BCUT2D eigenvalue weighted by atomic mass is 10.2. The molecule has 0 spiro atoms. The Morgan fingerprint density at radius 1 is 1.45 bits per heavy atom. The van der Waals surface area contributed by atoms with Crippen molar-refractivity contribution in [1.82, 2.24) is 4.31 Å². The van der Waals surface area contributed by atoms with Crippen molar-refractivity contribution >= 4 is 24.1 Å². The van der Waals surface area contributed by atoms with Crippen LogP contribution in [0.15, 0.2) is 16.2 Å². The van der Waals surface area contributed by atoms with Crippen molar-refractivity contribution in [2.75, 3.05) is 13.3 Å². The Morgan fingerprint density at radius 2 is 2.05 bits per heavy atom. The lowest BCUT2D eigenvalue weighted by Crippen LogP contribution is -2.39.